The van der Waals surface area contributed by atoms with E-state index in [9.17, 15) is 17.8 Å². The van der Waals surface area contributed by atoms with Gasteiger partial charge in [-0.25, -0.2) is 0 Å². The Balaban J connectivity index is 1.44. The first-order valence-corrected chi connectivity index (χ1v) is 17.8. The molecule has 0 aromatic heterocycles. The molecule has 8 nitrogen and oxygen atoms in total. The Bertz CT molecular complexity index is 1760. The Kier molecular flexibility index (Phi) is 9.51. The zero-order valence-electron chi connectivity index (χ0n) is 28.0. The van der Waals surface area contributed by atoms with Crippen LogP contribution in [-0.2, 0) is 32.3 Å². The number of aliphatic carboxylic acids is 1. The van der Waals surface area contributed by atoms with Crippen molar-refractivity contribution in [2.75, 3.05) is 37.8 Å². The molecule has 9 heteroatoms. The summed E-state index contributed by atoms with van der Waals surface area (Å²) in [6.45, 7) is 10.9. The van der Waals surface area contributed by atoms with Crippen LogP contribution in [0.5, 0.6) is 0 Å². The number of benzene rings is 2. The van der Waals surface area contributed by atoms with Crippen molar-refractivity contribution in [1.82, 2.24) is 4.90 Å². The molecule has 0 saturated heterocycles. The molecule has 0 bridgehead atoms. The van der Waals surface area contributed by atoms with E-state index in [4.69, 9.17) is 5.11 Å². The van der Waals surface area contributed by atoms with E-state index in [-0.39, 0.29) is 23.0 Å². The SMILES string of the molecule is CN(CCCC(=O)O)Cc1ccc2c(c1)C(C)(C)C(=CC1=CC(=CC3=[N+](C)c4ccccc4C3(C)C)CC1)N2CCCS(=O)(=O)O. The van der Waals surface area contributed by atoms with Crippen LogP contribution in [0.25, 0.3) is 0 Å². The monoisotopic (exact) mass is 646 g/mol. The molecule has 2 aromatic rings. The molecule has 3 aliphatic rings. The molecular formula is C37H48N3O5S+. The lowest BCUT2D eigenvalue weighted by Gasteiger charge is -2.27. The number of nitrogens with zero attached hydrogens (tertiary/aromatic N) is 3. The maximum Gasteiger partial charge on any atom is 0.303 e. The highest BCUT2D eigenvalue weighted by Crippen LogP contribution is 2.49. The molecule has 5 rings (SSSR count). The highest BCUT2D eigenvalue weighted by atomic mass is 32.2. The van der Waals surface area contributed by atoms with E-state index < -0.39 is 16.1 Å². The molecule has 0 amide bonds. The number of hydrogen-bond donors (Lipinski definition) is 2. The number of para-hydroxylation sites is 1. The molecule has 0 radical (unpaired) electrons. The Morgan fingerprint density at radius 2 is 1.76 bits per heavy atom. The third kappa shape index (κ3) is 7.06. The van der Waals surface area contributed by atoms with Gasteiger partial charge in [0, 0.05) is 54.0 Å². The van der Waals surface area contributed by atoms with Gasteiger partial charge in [0.15, 0.2) is 5.71 Å². The van der Waals surface area contributed by atoms with Gasteiger partial charge in [-0.2, -0.15) is 13.0 Å². The lowest BCUT2D eigenvalue weighted by molar-refractivity contribution is -0.401. The van der Waals surface area contributed by atoms with Crippen molar-refractivity contribution in [3.05, 3.63) is 94.2 Å². The number of carboxylic acids is 1. The number of hydrogen-bond acceptors (Lipinski definition) is 5. The molecule has 0 atom stereocenters. The maximum absolute atomic E-state index is 11.6. The van der Waals surface area contributed by atoms with Crippen LogP contribution in [-0.4, -0.2) is 72.2 Å². The van der Waals surface area contributed by atoms with Crippen molar-refractivity contribution in [1.29, 1.82) is 0 Å². The van der Waals surface area contributed by atoms with Gasteiger partial charge in [0.2, 0.25) is 5.69 Å². The smallest absolute Gasteiger partial charge is 0.303 e. The zero-order chi connectivity index (χ0) is 33.4. The number of allylic oxidation sites excluding steroid dienone is 6. The van der Waals surface area contributed by atoms with Crippen molar-refractivity contribution in [3.8, 4) is 0 Å². The number of carbonyl (C=O) groups is 1. The second-order valence-electron chi connectivity index (χ2n) is 14.1. The van der Waals surface area contributed by atoms with Crippen molar-refractivity contribution in [2.45, 2.75) is 77.2 Å². The summed E-state index contributed by atoms with van der Waals surface area (Å²) in [7, 11) is 0.0899. The van der Waals surface area contributed by atoms with Gasteiger partial charge in [0.1, 0.15) is 7.05 Å². The predicted molar refractivity (Wildman–Crippen MR) is 185 cm³/mol. The van der Waals surface area contributed by atoms with Crippen LogP contribution >= 0.6 is 0 Å². The summed E-state index contributed by atoms with van der Waals surface area (Å²) in [4.78, 5) is 15.3. The molecule has 1 aliphatic carbocycles. The third-order valence-electron chi connectivity index (χ3n) is 9.78. The number of fused-ring (bicyclic) bond motifs is 2. The fourth-order valence-electron chi connectivity index (χ4n) is 7.33. The molecule has 0 fully saturated rings. The standard InChI is InChI=1S/C37H47N3O5S/c1-36(2)29-11-7-8-12-31(29)39(6)33(36)23-26-14-15-27(21-26)24-34-37(3,4)30-22-28(25-38(5)18-9-13-35(41)42)16-17-32(30)40(34)19-10-20-46(43,44)45/h7-8,11-12,16-17,21-24H,9-10,13-15,18-20,25H2,1-6H3,(H-,41,42,43,44,45)/p+1. The summed E-state index contributed by atoms with van der Waals surface area (Å²) in [5, 5.41) is 8.99. The number of carboxylic acid groups (broad SMARTS) is 1. The van der Waals surface area contributed by atoms with Crippen LogP contribution in [0.4, 0.5) is 11.4 Å². The average Bonchev–Trinajstić information content (AvgIpc) is 3.56. The first kappa shape index (κ1) is 33.8. The summed E-state index contributed by atoms with van der Waals surface area (Å²) in [5.41, 5.74) is 10.5. The second-order valence-corrected chi connectivity index (χ2v) is 15.6. The van der Waals surface area contributed by atoms with Crippen LogP contribution < -0.4 is 4.90 Å². The maximum atomic E-state index is 11.6. The first-order valence-electron chi connectivity index (χ1n) is 16.2. The van der Waals surface area contributed by atoms with Crippen LogP contribution in [0, 0.1) is 0 Å². The van der Waals surface area contributed by atoms with Crippen LogP contribution in [0.2, 0.25) is 0 Å². The summed E-state index contributed by atoms with van der Waals surface area (Å²) >= 11 is 0. The van der Waals surface area contributed by atoms with Crippen LogP contribution in [0.15, 0.2) is 77.5 Å². The molecule has 2 N–H and O–H groups in total. The Hall–Kier alpha value is -3.53. The molecular weight excluding hydrogens is 598 g/mol. The van der Waals surface area contributed by atoms with Gasteiger partial charge in [-0.05, 0) is 87.5 Å². The summed E-state index contributed by atoms with van der Waals surface area (Å²) < 4.78 is 34.9. The fourth-order valence-corrected chi connectivity index (χ4v) is 7.82. The van der Waals surface area contributed by atoms with E-state index >= 15 is 0 Å². The first-order chi connectivity index (χ1) is 21.6. The molecule has 0 spiro atoms. The topological polar surface area (TPSA) is 101 Å². The number of anilines is 1. The third-order valence-corrected chi connectivity index (χ3v) is 10.6. The lowest BCUT2D eigenvalue weighted by Crippen LogP contribution is -2.28. The van der Waals surface area contributed by atoms with Gasteiger partial charge in [-0.1, -0.05) is 50.3 Å². The van der Waals surface area contributed by atoms with Crippen LogP contribution in [0.1, 0.15) is 76.5 Å². The Labute approximate surface area is 274 Å². The molecule has 2 heterocycles. The van der Waals surface area contributed by atoms with E-state index in [0.29, 0.717) is 32.5 Å². The van der Waals surface area contributed by atoms with E-state index in [2.05, 4.69) is 110 Å². The van der Waals surface area contributed by atoms with Crippen molar-refractivity contribution < 1.29 is 27.4 Å². The van der Waals surface area contributed by atoms with Crippen molar-refractivity contribution in [3.63, 3.8) is 0 Å². The van der Waals surface area contributed by atoms with Gasteiger partial charge in [-0.3, -0.25) is 9.35 Å². The Morgan fingerprint density at radius 3 is 2.46 bits per heavy atom. The number of rotatable bonds is 12. The molecule has 46 heavy (non-hydrogen) atoms. The minimum absolute atomic E-state index is 0.0889. The van der Waals surface area contributed by atoms with Gasteiger partial charge in [0.25, 0.3) is 10.1 Å². The molecule has 0 unspecified atom stereocenters. The quantitative estimate of drug-likeness (QED) is 0.198. The predicted octanol–water partition coefficient (Wildman–Crippen LogP) is 6.60. The van der Waals surface area contributed by atoms with Gasteiger partial charge in [0.05, 0.1) is 11.2 Å². The van der Waals surface area contributed by atoms with Crippen molar-refractivity contribution >= 4 is 33.2 Å². The molecule has 246 valence electrons. The van der Waals surface area contributed by atoms with E-state index in [1.807, 2.05) is 7.05 Å². The minimum Gasteiger partial charge on any atom is -0.481 e. The molecule has 2 aromatic carbocycles. The minimum atomic E-state index is -4.06. The average molecular weight is 647 g/mol. The highest BCUT2D eigenvalue weighted by molar-refractivity contribution is 7.85. The molecule has 2 aliphatic heterocycles. The normalized spacial score (nSPS) is 20.2. The van der Waals surface area contributed by atoms with Crippen molar-refractivity contribution in [2.24, 2.45) is 0 Å². The van der Waals surface area contributed by atoms with E-state index in [0.717, 1.165) is 29.8 Å². The van der Waals surface area contributed by atoms with E-state index in [1.165, 1.54) is 33.7 Å². The van der Waals surface area contributed by atoms with E-state index in [1.54, 1.807) is 0 Å². The van der Waals surface area contributed by atoms with Gasteiger partial charge >= 0.3 is 5.97 Å². The molecule has 0 saturated carbocycles. The summed E-state index contributed by atoms with van der Waals surface area (Å²) in [6.07, 6.45) is 9.89. The highest BCUT2D eigenvalue weighted by Gasteiger charge is 2.43. The zero-order valence-corrected chi connectivity index (χ0v) is 28.8. The second kappa shape index (κ2) is 12.9. The Morgan fingerprint density at radius 1 is 1.02 bits per heavy atom. The van der Waals surface area contributed by atoms with Crippen LogP contribution in [0.3, 0.4) is 0 Å². The summed E-state index contributed by atoms with van der Waals surface area (Å²) in [6, 6.07) is 15.1. The summed E-state index contributed by atoms with van der Waals surface area (Å²) in [5.74, 6) is -1.06. The largest absolute Gasteiger partial charge is 0.481 e. The fraction of sp³-hybridized carbons (Fsp3) is 0.459. The van der Waals surface area contributed by atoms with Gasteiger partial charge < -0.3 is 14.9 Å². The van der Waals surface area contributed by atoms with Gasteiger partial charge in [-0.15, -0.1) is 0 Å². The lowest BCUT2D eigenvalue weighted by atomic mass is 9.81.